The second-order valence-electron chi connectivity index (χ2n) is 4.15. The quantitative estimate of drug-likeness (QED) is 0.922. The Kier molecular flexibility index (Phi) is 4.07. The molecule has 0 bridgehead atoms. The molecule has 1 N–H and O–H groups in total. The third kappa shape index (κ3) is 3.26. The highest BCUT2D eigenvalue weighted by atomic mass is 35.5. The van der Waals surface area contributed by atoms with Crippen LogP contribution < -0.4 is 4.74 Å². The van der Waals surface area contributed by atoms with E-state index in [1.807, 2.05) is 25.1 Å². The molecule has 0 heterocycles. The van der Waals surface area contributed by atoms with Gasteiger partial charge in [0.15, 0.2) is 0 Å². The van der Waals surface area contributed by atoms with Gasteiger partial charge in [0, 0.05) is 10.6 Å². The van der Waals surface area contributed by atoms with Gasteiger partial charge >= 0.3 is 5.97 Å². The van der Waals surface area contributed by atoms with E-state index in [0.717, 1.165) is 5.56 Å². The monoisotopic (exact) mass is 276 g/mol. The summed E-state index contributed by atoms with van der Waals surface area (Å²) in [7, 11) is 0. The Morgan fingerprint density at radius 1 is 1.16 bits per heavy atom. The van der Waals surface area contributed by atoms with Crippen molar-refractivity contribution >= 4 is 17.6 Å². The highest BCUT2D eigenvalue weighted by Gasteiger charge is 2.22. The van der Waals surface area contributed by atoms with Crippen molar-refractivity contribution in [3.8, 4) is 5.75 Å². The zero-order chi connectivity index (χ0) is 13.8. The lowest BCUT2D eigenvalue weighted by Gasteiger charge is -2.17. The van der Waals surface area contributed by atoms with Gasteiger partial charge in [-0.25, -0.2) is 4.79 Å². The first-order chi connectivity index (χ1) is 9.08. The molecule has 0 aromatic heterocycles. The van der Waals surface area contributed by atoms with Gasteiger partial charge in [0.2, 0.25) is 6.10 Å². The first-order valence-corrected chi connectivity index (χ1v) is 6.16. The lowest BCUT2D eigenvalue weighted by Crippen LogP contribution is -2.18. The van der Waals surface area contributed by atoms with Gasteiger partial charge in [0.25, 0.3) is 0 Å². The van der Waals surface area contributed by atoms with Crippen LogP contribution in [0, 0.1) is 6.92 Å². The Labute approximate surface area is 116 Å². The van der Waals surface area contributed by atoms with Crippen LogP contribution in [0.1, 0.15) is 17.2 Å². The van der Waals surface area contributed by atoms with Crippen LogP contribution in [0.4, 0.5) is 0 Å². The second-order valence-corrected chi connectivity index (χ2v) is 4.59. The molecule has 4 heteroatoms. The van der Waals surface area contributed by atoms with E-state index in [1.165, 1.54) is 0 Å². The molecule has 2 aromatic carbocycles. The minimum absolute atomic E-state index is 0.556. The Morgan fingerprint density at radius 2 is 1.79 bits per heavy atom. The summed E-state index contributed by atoms with van der Waals surface area (Å²) in [6.45, 7) is 1.87. The number of carbonyl (C=O) groups is 1. The molecule has 2 aromatic rings. The standard InChI is InChI=1S/C15H13ClO3/c1-10-4-2-3-5-13(10)19-14(15(17)18)11-6-8-12(16)9-7-11/h2-9,14H,1H3,(H,17,18). The predicted molar refractivity (Wildman–Crippen MR) is 73.6 cm³/mol. The van der Waals surface area contributed by atoms with Gasteiger partial charge in [-0.15, -0.1) is 0 Å². The van der Waals surface area contributed by atoms with E-state index < -0.39 is 12.1 Å². The van der Waals surface area contributed by atoms with Gasteiger partial charge in [0.05, 0.1) is 0 Å². The molecule has 0 radical (unpaired) electrons. The lowest BCUT2D eigenvalue weighted by molar-refractivity contribution is -0.145. The molecule has 0 amide bonds. The van der Waals surface area contributed by atoms with E-state index in [4.69, 9.17) is 16.3 Å². The number of hydrogen-bond acceptors (Lipinski definition) is 2. The molecule has 3 nitrogen and oxygen atoms in total. The lowest BCUT2D eigenvalue weighted by atomic mass is 10.1. The fourth-order valence-corrected chi connectivity index (χ4v) is 1.84. The van der Waals surface area contributed by atoms with Crippen molar-refractivity contribution < 1.29 is 14.6 Å². The van der Waals surface area contributed by atoms with Gasteiger partial charge in [-0.05, 0) is 30.7 Å². The molecule has 0 saturated carbocycles. The van der Waals surface area contributed by atoms with Crippen LogP contribution in [-0.2, 0) is 4.79 Å². The van der Waals surface area contributed by atoms with E-state index >= 15 is 0 Å². The van der Waals surface area contributed by atoms with Crippen molar-refractivity contribution in [1.29, 1.82) is 0 Å². The minimum atomic E-state index is -1.04. The van der Waals surface area contributed by atoms with Crippen molar-refractivity contribution in [2.24, 2.45) is 0 Å². The topological polar surface area (TPSA) is 46.5 Å². The number of ether oxygens (including phenoxy) is 1. The maximum absolute atomic E-state index is 11.3. The molecule has 0 spiro atoms. The van der Waals surface area contributed by atoms with E-state index in [9.17, 15) is 9.90 Å². The first-order valence-electron chi connectivity index (χ1n) is 5.78. The summed E-state index contributed by atoms with van der Waals surface area (Å²) in [5.41, 5.74) is 1.45. The molecule has 1 atom stereocenters. The van der Waals surface area contributed by atoms with Gasteiger partial charge in [-0.2, -0.15) is 0 Å². The summed E-state index contributed by atoms with van der Waals surface area (Å²) in [6.07, 6.45) is -1.04. The van der Waals surface area contributed by atoms with Crippen molar-refractivity contribution in [1.82, 2.24) is 0 Å². The number of aryl methyl sites for hydroxylation is 1. The highest BCUT2D eigenvalue weighted by molar-refractivity contribution is 6.30. The van der Waals surface area contributed by atoms with Crippen LogP contribution in [0.25, 0.3) is 0 Å². The number of halogens is 1. The second kappa shape index (κ2) is 5.76. The number of aliphatic carboxylic acids is 1. The number of para-hydroxylation sites is 1. The Bertz CT molecular complexity index is 578. The minimum Gasteiger partial charge on any atom is -0.478 e. The van der Waals surface area contributed by atoms with Crippen LogP contribution in [0.2, 0.25) is 5.02 Å². The Balaban J connectivity index is 2.29. The highest BCUT2D eigenvalue weighted by Crippen LogP contribution is 2.26. The average Bonchev–Trinajstić information content (AvgIpc) is 2.39. The molecular weight excluding hydrogens is 264 g/mol. The zero-order valence-electron chi connectivity index (χ0n) is 10.3. The largest absolute Gasteiger partial charge is 0.478 e. The number of rotatable bonds is 4. The van der Waals surface area contributed by atoms with Crippen LogP contribution in [0.15, 0.2) is 48.5 Å². The maximum atomic E-state index is 11.3. The summed E-state index contributed by atoms with van der Waals surface area (Å²) in [5, 5.41) is 9.85. The summed E-state index contributed by atoms with van der Waals surface area (Å²) < 4.78 is 5.59. The molecule has 0 aliphatic heterocycles. The van der Waals surface area contributed by atoms with E-state index in [2.05, 4.69) is 0 Å². The fourth-order valence-electron chi connectivity index (χ4n) is 1.71. The van der Waals surface area contributed by atoms with Crippen LogP contribution >= 0.6 is 11.6 Å². The summed E-state index contributed by atoms with van der Waals surface area (Å²) in [6, 6.07) is 13.9. The maximum Gasteiger partial charge on any atom is 0.349 e. The number of hydrogen-bond donors (Lipinski definition) is 1. The Hall–Kier alpha value is -2.00. The van der Waals surface area contributed by atoms with Crippen LogP contribution in [-0.4, -0.2) is 11.1 Å². The van der Waals surface area contributed by atoms with Gasteiger partial charge in [-0.3, -0.25) is 0 Å². The fraction of sp³-hybridized carbons (Fsp3) is 0.133. The molecule has 19 heavy (non-hydrogen) atoms. The van der Waals surface area contributed by atoms with E-state index in [-0.39, 0.29) is 0 Å². The zero-order valence-corrected chi connectivity index (χ0v) is 11.1. The van der Waals surface area contributed by atoms with Crippen molar-refractivity contribution in [3.05, 3.63) is 64.7 Å². The Morgan fingerprint density at radius 3 is 2.37 bits per heavy atom. The van der Waals surface area contributed by atoms with Gasteiger partial charge in [-0.1, -0.05) is 41.9 Å². The first kappa shape index (κ1) is 13.4. The number of carboxylic acid groups (broad SMARTS) is 1. The van der Waals surface area contributed by atoms with Crippen molar-refractivity contribution in [2.45, 2.75) is 13.0 Å². The molecule has 0 aliphatic carbocycles. The number of benzene rings is 2. The normalized spacial score (nSPS) is 11.9. The molecule has 98 valence electrons. The molecule has 1 unspecified atom stereocenters. The molecular formula is C15H13ClO3. The van der Waals surface area contributed by atoms with Gasteiger partial charge < -0.3 is 9.84 Å². The third-order valence-corrected chi connectivity index (χ3v) is 2.99. The van der Waals surface area contributed by atoms with E-state index in [0.29, 0.717) is 16.3 Å². The van der Waals surface area contributed by atoms with Crippen LogP contribution in [0.5, 0.6) is 5.75 Å². The predicted octanol–water partition coefficient (Wildman–Crippen LogP) is 3.85. The summed E-state index contributed by atoms with van der Waals surface area (Å²) in [4.78, 5) is 11.3. The average molecular weight is 277 g/mol. The van der Waals surface area contributed by atoms with Crippen molar-refractivity contribution in [2.75, 3.05) is 0 Å². The molecule has 2 rings (SSSR count). The third-order valence-electron chi connectivity index (χ3n) is 2.74. The smallest absolute Gasteiger partial charge is 0.349 e. The molecule has 0 saturated heterocycles. The van der Waals surface area contributed by atoms with Crippen molar-refractivity contribution in [3.63, 3.8) is 0 Å². The summed E-state index contributed by atoms with van der Waals surface area (Å²) in [5.74, 6) is -0.476. The van der Waals surface area contributed by atoms with Crippen LogP contribution in [0.3, 0.4) is 0 Å². The SMILES string of the molecule is Cc1ccccc1OC(C(=O)O)c1ccc(Cl)cc1. The molecule has 0 fully saturated rings. The molecule has 0 aliphatic rings. The van der Waals surface area contributed by atoms with Gasteiger partial charge in [0.1, 0.15) is 5.75 Å². The van der Waals surface area contributed by atoms with E-state index in [1.54, 1.807) is 30.3 Å². The number of carboxylic acids is 1. The summed E-state index contributed by atoms with van der Waals surface area (Å²) >= 11 is 5.79.